The van der Waals surface area contributed by atoms with Gasteiger partial charge in [-0.15, -0.1) is 0 Å². The molecule has 196 valence electrons. The number of benzene rings is 2. The van der Waals surface area contributed by atoms with Gasteiger partial charge >= 0.3 is 0 Å². The maximum absolute atomic E-state index is 12.7. The first-order chi connectivity index (χ1) is 17.5. The normalized spacial score (nSPS) is 14.3. The van der Waals surface area contributed by atoms with Gasteiger partial charge in [-0.2, -0.15) is 4.98 Å². The monoisotopic (exact) mass is 522 g/mol. The minimum atomic E-state index is -3.67. The zero-order valence-corrected chi connectivity index (χ0v) is 22.5. The highest BCUT2D eigenvalue weighted by atomic mass is 32.2. The van der Waals surface area contributed by atoms with Crippen molar-refractivity contribution in [2.75, 3.05) is 23.7 Å². The van der Waals surface area contributed by atoms with Crippen LogP contribution in [0.25, 0.3) is 0 Å². The third kappa shape index (κ3) is 7.05. The van der Waals surface area contributed by atoms with Crippen LogP contribution in [-0.2, 0) is 10.0 Å². The zero-order valence-electron chi connectivity index (χ0n) is 21.7. The predicted molar refractivity (Wildman–Crippen MR) is 146 cm³/mol. The number of likely N-dealkylation sites (tertiary alicyclic amines) is 1. The Morgan fingerprint density at radius 3 is 2.32 bits per heavy atom. The van der Waals surface area contributed by atoms with E-state index >= 15 is 0 Å². The lowest BCUT2D eigenvalue weighted by atomic mass is 10.1. The van der Waals surface area contributed by atoms with Crippen LogP contribution in [0.3, 0.4) is 0 Å². The molecule has 3 N–H and O–H groups in total. The summed E-state index contributed by atoms with van der Waals surface area (Å²) in [5.41, 5.74) is 2.21. The fourth-order valence-electron chi connectivity index (χ4n) is 4.07. The molecule has 0 unspecified atom stereocenters. The predicted octanol–water partition coefficient (Wildman–Crippen LogP) is 4.98. The highest BCUT2D eigenvalue weighted by Gasteiger charge is 2.22. The number of sulfonamides is 1. The highest BCUT2D eigenvalue weighted by Crippen LogP contribution is 2.24. The topological polar surface area (TPSA) is 116 Å². The van der Waals surface area contributed by atoms with Crippen LogP contribution in [0.5, 0.6) is 0 Å². The third-order valence-corrected chi connectivity index (χ3v) is 7.61. The molecular formula is C27H34N6O3S. The molecule has 1 aliphatic rings. The summed E-state index contributed by atoms with van der Waals surface area (Å²) < 4.78 is 28.1. The van der Waals surface area contributed by atoms with Gasteiger partial charge in [-0.05, 0) is 89.4 Å². The molecule has 0 bridgehead atoms. The van der Waals surface area contributed by atoms with Gasteiger partial charge in [0.25, 0.3) is 5.91 Å². The van der Waals surface area contributed by atoms with Crippen molar-refractivity contribution in [3.8, 4) is 0 Å². The second-order valence-electron chi connectivity index (χ2n) is 10.3. The van der Waals surface area contributed by atoms with Crippen LogP contribution in [-0.4, -0.2) is 47.8 Å². The Bertz CT molecular complexity index is 1360. The number of carbonyl (C=O) groups is 1. The molecule has 1 fully saturated rings. The van der Waals surface area contributed by atoms with E-state index in [1.54, 1.807) is 51.2 Å². The maximum atomic E-state index is 12.7. The molecule has 1 aliphatic heterocycles. The lowest BCUT2D eigenvalue weighted by Gasteiger charge is -2.26. The van der Waals surface area contributed by atoms with E-state index < -0.39 is 15.6 Å². The zero-order chi connectivity index (χ0) is 26.6. The van der Waals surface area contributed by atoms with Crippen LogP contribution >= 0.6 is 0 Å². The number of anilines is 4. The van der Waals surface area contributed by atoms with Crippen molar-refractivity contribution in [1.29, 1.82) is 0 Å². The number of piperidine rings is 1. The first-order valence-electron chi connectivity index (χ1n) is 12.4. The summed E-state index contributed by atoms with van der Waals surface area (Å²) in [6.45, 7) is 8.89. The Kier molecular flexibility index (Phi) is 7.79. The Hall–Kier alpha value is -3.50. The van der Waals surface area contributed by atoms with Gasteiger partial charge in [0.2, 0.25) is 16.0 Å². The van der Waals surface area contributed by atoms with E-state index in [0.29, 0.717) is 23.0 Å². The summed E-state index contributed by atoms with van der Waals surface area (Å²) in [4.78, 5) is 23.7. The van der Waals surface area contributed by atoms with Crippen molar-refractivity contribution >= 4 is 39.1 Å². The van der Waals surface area contributed by atoms with Gasteiger partial charge in [0.1, 0.15) is 5.82 Å². The molecule has 1 amide bonds. The minimum Gasteiger partial charge on any atom is -0.340 e. The van der Waals surface area contributed by atoms with E-state index in [-0.39, 0.29) is 10.8 Å². The molecule has 2 heterocycles. The Morgan fingerprint density at radius 2 is 1.65 bits per heavy atom. The largest absolute Gasteiger partial charge is 0.340 e. The lowest BCUT2D eigenvalue weighted by Crippen LogP contribution is -2.40. The molecule has 4 rings (SSSR count). The summed E-state index contributed by atoms with van der Waals surface area (Å²) in [5.74, 6) is 0.986. The number of nitrogens with zero attached hydrogens (tertiary/aromatic N) is 3. The molecular weight excluding hydrogens is 488 g/mol. The average Bonchev–Trinajstić information content (AvgIpc) is 2.85. The van der Waals surface area contributed by atoms with Gasteiger partial charge in [-0.25, -0.2) is 18.1 Å². The SMILES string of the molecule is Cc1cnc(Nc2ccc(C(=O)N3CCCCC3)cc2)nc1Nc1cccc(S(=O)(=O)NC(C)(C)C)c1. The van der Waals surface area contributed by atoms with Gasteiger partial charge in [-0.3, -0.25) is 4.79 Å². The maximum Gasteiger partial charge on any atom is 0.253 e. The Morgan fingerprint density at radius 1 is 0.946 bits per heavy atom. The van der Waals surface area contributed by atoms with E-state index in [2.05, 4.69) is 25.3 Å². The summed E-state index contributed by atoms with van der Waals surface area (Å²) in [7, 11) is -3.67. The Balaban J connectivity index is 1.47. The van der Waals surface area contributed by atoms with Crippen molar-refractivity contribution in [3.63, 3.8) is 0 Å². The summed E-state index contributed by atoms with van der Waals surface area (Å²) in [6.07, 6.45) is 4.98. The van der Waals surface area contributed by atoms with E-state index in [0.717, 1.165) is 37.2 Å². The van der Waals surface area contributed by atoms with Gasteiger partial charge in [0.05, 0.1) is 4.90 Å². The van der Waals surface area contributed by atoms with Crippen LogP contribution in [0.2, 0.25) is 0 Å². The number of hydrogen-bond acceptors (Lipinski definition) is 7. The third-order valence-electron chi connectivity index (χ3n) is 5.85. The average molecular weight is 523 g/mol. The highest BCUT2D eigenvalue weighted by molar-refractivity contribution is 7.89. The van der Waals surface area contributed by atoms with Crippen molar-refractivity contribution < 1.29 is 13.2 Å². The summed E-state index contributed by atoms with van der Waals surface area (Å²) in [6, 6.07) is 13.9. The molecule has 3 aromatic rings. The molecule has 1 aromatic heterocycles. The van der Waals surface area contributed by atoms with E-state index in [4.69, 9.17) is 0 Å². The molecule has 2 aromatic carbocycles. The first kappa shape index (κ1) is 26.6. The summed E-state index contributed by atoms with van der Waals surface area (Å²) in [5, 5.41) is 6.37. The van der Waals surface area contributed by atoms with Crippen molar-refractivity contribution in [2.45, 2.75) is 57.4 Å². The van der Waals surface area contributed by atoms with Crippen molar-refractivity contribution in [3.05, 3.63) is 65.9 Å². The fraction of sp³-hybridized carbons (Fsp3) is 0.370. The fourth-order valence-corrected chi connectivity index (χ4v) is 5.54. The molecule has 9 nitrogen and oxygen atoms in total. The van der Waals surface area contributed by atoms with Gasteiger partial charge in [0.15, 0.2) is 0 Å². The van der Waals surface area contributed by atoms with Crippen LogP contribution < -0.4 is 15.4 Å². The van der Waals surface area contributed by atoms with Crippen LogP contribution in [0.1, 0.15) is 56.0 Å². The molecule has 1 saturated heterocycles. The standard InChI is InChI=1S/C27H34N6O3S/c1-19-18-28-26(30-21-13-11-20(12-14-21)25(34)33-15-6-5-7-16-33)31-24(19)29-22-9-8-10-23(17-22)37(35,36)32-27(2,3)4/h8-14,17-18,32H,5-7,15-16H2,1-4H3,(H2,28,29,30,31). The van der Waals surface area contributed by atoms with E-state index in [1.807, 2.05) is 36.1 Å². The number of rotatable bonds is 7. The molecule has 0 radical (unpaired) electrons. The number of nitrogens with one attached hydrogen (secondary N) is 3. The second kappa shape index (κ2) is 10.9. The second-order valence-corrected chi connectivity index (χ2v) is 12.0. The quantitative estimate of drug-likeness (QED) is 0.401. The first-order valence-corrected chi connectivity index (χ1v) is 13.9. The van der Waals surface area contributed by atoms with Gasteiger partial charge < -0.3 is 15.5 Å². The smallest absolute Gasteiger partial charge is 0.253 e. The van der Waals surface area contributed by atoms with E-state index in [9.17, 15) is 13.2 Å². The number of aryl methyl sites for hydroxylation is 1. The van der Waals surface area contributed by atoms with Crippen molar-refractivity contribution in [1.82, 2.24) is 19.6 Å². The van der Waals surface area contributed by atoms with Crippen LogP contribution in [0.15, 0.2) is 59.6 Å². The number of amides is 1. The molecule has 0 aliphatic carbocycles. The summed E-state index contributed by atoms with van der Waals surface area (Å²) >= 11 is 0. The number of hydrogen-bond donors (Lipinski definition) is 3. The molecule has 0 saturated carbocycles. The van der Waals surface area contributed by atoms with Gasteiger partial charge in [0, 0.05) is 47.3 Å². The van der Waals surface area contributed by atoms with Crippen LogP contribution in [0, 0.1) is 6.92 Å². The molecule has 37 heavy (non-hydrogen) atoms. The Labute approximate surface area is 218 Å². The lowest BCUT2D eigenvalue weighted by molar-refractivity contribution is 0.0724. The molecule has 0 atom stereocenters. The van der Waals surface area contributed by atoms with Gasteiger partial charge in [-0.1, -0.05) is 6.07 Å². The molecule has 0 spiro atoms. The van der Waals surface area contributed by atoms with E-state index in [1.165, 1.54) is 6.42 Å². The minimum absolute atomic E-state index is 0.0614. The van der Waals surface area contributed by atoms with Crippen LogP contribution in [0.4, 0.5) is 23.1 Å². The number of aromatic nitrogens is 2. The molecule has 10 heteroatoms. The number of carbonyl (C=O) groups excluding carboxylic acids is 1. The van der Waals surface area contributed by atoms with Crippen molar-refractivity contribution in [2.24, 2.45) is 0 Å².